The number of fused-ring (bicyclic) bond motifs is 2. The van der Waals surface area contributed by atoms with Gasteiger partial charge in [-0.1, -0.05) is 35.9 Å². The normalized spacial score (nSPS) is 15.7. The number of rotatable bonds is 1. The Bertz CT molecular complexity index is 1030. The summed E-state index contributed by atoms with van der Waals surface area (Å²) in [6, 6.07) is 11.8. The van der Waals surface area contributed by atoms with Gasteiger partial charge in [-0.25, -0.2) is 4.98 Å². The smallest absolute Gasteiger partial charge is 0.261 e. The van der Waals surface area contributed by atoms with Crippen molar-refractivity contribution in [2.24, 2.45) is 0 Å². The lowest BCUT2D eigenvalue weighted by molar-refractivity contribution is 0.787. The Hall–Kier alpha value is -2.39. The van der Waals surface area contributed by atoms with Gasteiger partial charge in [0.25, 0.3) is 5.56 Å². The summed E-state index contributed by atoms with van der Waals surface area (Å²) in [5.74, 6) is 0. The predicted octanol–water partition coefficient (Wildman–Crippen LogP) is 4.53. The van der Waals surface area contributed by atoms with E-state index in [0.29, 0.717) is 10.7 Å². The van der Waals surface area contributed by atoms with Crippen molar-refractivity contribution in [3.63, 3.8) is 0 Å². The molecule has 0 N–H and O–H groups in total. The zero-order valence-corrected chi connectivity index (χ0v) is 14.2. The van der Waals surface area contributed by atoms with Crippen LogP contribution in [-0.2, 0) is 6.42 Å². The van der Waals surface area contributed by atoms with E-state index in [2.05, 4.69) is 25.1 Å². The first-order valence-corrected chi connectivity index (χ1v) is 8.48. The summed E-state index contributed by atoms with van der Waals surface area (Å²) in [5, 5.41) is 0.540. The van der Waals surface area contributed by atoms with Gasteiger partial charge in [0.1, 0.15) is 5.65 Å². The molecule has 0 saturated heterocycles. The molecule has 4 heteroatoms. The molecule has 0 unspecified atom stereocenters. The molecule has 3 aromatic rings. The molecule has 24 heavy (non-hydrogen) atoms. The molecule has 0 spiro atoms. The van der Waals surface area contributed by atoms with Gasteiger partial charge in [0.2, 0.25) is 0 Å². The van der Waals surface area contributed by atoms with Crippen LogP contribution in [0.5, 0.6) is 0 Å². The third-order valence-electron chi connectivity index (χ3n) is 4.58. The largest absolute Gasteiger partial charge is 0.269 e. The number of nitrogens with zero attached hydrogens (tertiary/aromatic N) is 2. The topological polar surface area (TPSA) is 34.4 Å². The number of benzene rings is 1. The molecule has 3 nitrogen and oxygen atoms in total. The van der Waals surface area contributed by atoms with Crippen molar-refractivity contribution in [1.29, 1.82) is 0 Å². The third kappa shape index (κ3) is 2.55. The maximum atomic E-state index is 12.8. The van der Waals surface area contributed by atoms with Crippen molar-refractivity contribution >= 4 is 28.9 Å². The molecule has 0 fully saturated rings. The van der Waals surface area contributed by atoms with Crippen LogP contribution in [0.2, 0.25) is 5.02 Å². The number of hydrogen-bond donors (Lipinski definition) is 0. The van der Waals surface area contributed by atoms with Gasteiger partial charge in [0.05, 0.1) is 10.7 Å². The molecular weight excluding hydrogens is 320 g/mol. The standard InChI is InChI=1S/C20H17ClN2O/c1-13-5-2-3-6-14(13)11-15-7-4-8-17-19(15)22-18-10-9-16(21)12-23(18)20(17)24/h2-3,5-6,9-12H,4,7-8H2,1H3. The van der Waals surface area contributed by atoms with Gasteiger partial charge < -0.3 is 0 Å². The fraction of sp³-hybridized carbons (Fsp3) is 0.200. The summed E-state index contributed by atoms with van der Waals surface area (Å²) in [7, 11) is 0. The van der Waals surface area contributed by atoms with Gasteiger partial charge in [0.15, 0.2) is 0 Å². The van der Waals surface area contributed by atoms with Crippen LogP contribution in [0.1, 0.15) is 35.2 Å². The lowest BCUT2D eigenvalue weighted by Crippen LogP contribution is -2.24. The van der Waals surface area contributed by atoms with E-state index in [9.17, 15) is 4.79 Å². The molecule has 0 amide bonds. The highest BCUT2D eigenvalue weighted by atomic mass is 35.5. The number of pyridine rings is 1. The summed E-state index contributed by atoms with van der Waals surface area (Å²) in [5.41, 5.74) is 5.81. The van der Waals surface area contributed by atoms with Crippen LogP contribution >= 0.6 is 11.6 Å². The summed E-state index contributed by atoms with van der Waals surface area (Å²) in [6.45, 7) is 2.10. The summed E-state index contributed by atoms with van der Waals surface area (Å²) >= 11 is 6.03. The Kier molecular flexibility index (Phi) is 3.73. The van der Waals surface area contributed by atoms with Crippen molar-refractivity contribution < 1.29 is 0 Å². The van der Waals surface area contributed by atoms with Gasteiger partial charge >= 0.3 is 0 Å². The average Bonchev–Trinajstić information content (AvgIpc) is 2.58. The monoisotopic (exact) mass is 336 g/mol. The zero-order valence-electron chi connectivity index (χ0n) is 13.4. The number of aryl methyl sites for hydroxylation is 1. The van der Waals surface area contributed by atoms with E-state index in [-0.39, 0.29) is 5.56 Å². The van der Waals surface area contributed by atoms with Gasteiger partial charge in [-0.05, 0) is 61.1 Å². The van der Waals surface area contributed by atoms with E-state index in [4.69, 9.17) is 16.6 Å². The summed E-state index contributed by atoms with van der Waals surface area (Å²) < 4.78 is 1.55. The Morgan fingerprint density at radius 3 is 2.83 bits per heavy atom. The number of hydrogen-bond acceptors (Lipinski definition) is 2. The minimum Gasteiger partial charge on any atom is -0.269 e. The van der Waals surface area contributed by atoms with Crippen LogP contribution in [0.15, 0.2) is 47.4 Å². The van der Waals surface area contributed by atoms with Crippen LogP contribution < -0.4 is 5.56 Å². The zero-order chi connectivity index (χ0) is 16.7. The van der Waals surface area contributed by atoms with Crippen LogP contribution in [0, 0.1) is 6.92 Å². The molecular formula is C20H17ClN2O. The van der Waals surface area contributed by atoms with Gasteiger partial charge in [0, 0.05) is 11.8 Å². The van der Waals surface area contributed by atoms with E-state index in [1.54, 1.807) is 22.7 Å². The minimum atomic E-state index is -0.00659. The molecule has 0 aliphatic heterocycles. The van der Waals surface area contributed by atoms with Crippen molar-refractivity contribution in [1.82, 2.24) is 9.38 Å². The third-order valence-corrected chi connectivity index (χ3v) is 4.80. The second-order valence-electron chi connectivity index (χ2n) is 6.20. The molecule has 2 aromatic heterocycles. The van der Waals surface area contributed by atoms with Crippen LogP contribution in [0.3, 0.4) is 0 Å². The van der Waals surface area contributed by atoms with Crippen molar-refractivity contribution in [3.8, 4) is 0 Å². The molecule has 4 rings (SSSR count). The van der Waals surface area contributed by atoms with Crippen molar-refractivity contribution in [3.05, 3.63) is 80.4 Å². The molecule has 0 saturated carbocycles. The number of halogens is 1. The Labute approximate surface area is 145 Å². The Morgan fingerprint density at radius 2 is 2.00 bits per heavy atom. The lowest BCUT2D eigenvalue weighted by atomic mass is 9.90. The minimum absolute atomic E-state index is 0.00659. The molecule has 1 aromatic carbocycles. The molecule has 1 aliphatic rings. The van der Waals surface area contributed by atoms with E-state index in [1.165, 1.54) is 11.1 Å². The number of allylic oxidation sites excluding steroid dienone is 1. The van der Waals surface area contributed by atoms with E-state index < -0.39 is 0 Å². The van der Waals surface area contributed by atoms with Gasteiger partial charge in [-0.15, -0.1) is 0 Å². The highest BCUT2D eigenvalue weighted by Gasteiger charge is 2.20. The van der Waals surface area contributed by atoms with Crippen LogP contribution in [-0.4, -0.2) is 9.38 Å². The Morgan fingerprint density at radius 1 is 1.17 bits per heavy atom. The Balaban J connectivity index is 1.95. The fourth-order valence-electron chi connectivity index (χ4n) is 3.29. The molecule has 2 heterocycles. The molecule has 1 aliphatic carbocycles. The highest BCUT2D eigenvalue weighted by Crippen LogP contribution is 2.30. The SMILES string of the molecule is Cc1ccccc1C=C1CCCc2c1nc1ccc(Cl)cn1c2=O. The molecule has 120 valence electrons. The second-order valence-corrected chi connectivity index (χ2v) is 6.64. The van der Waals surface area contributed by atoms with Crippen molar-refractivity contribution in [2.45, 2.75) is 26.2 Å². The first-order valence-electron chi connectivity index (χ1n) is 8.11. The fourth-order valence-corrected chi connectivity index (χ4v) is 3.45. The van der Waals surface area contributed by atoms with Gasteiger partial charge in [-0.2, -0.15) is 0 Å². The summed E-state index contributed by atoms with van der Waals surface area (Å²) in [4.78, 5) is 17.6. The quantitative estimate of drug-likeness (QED) is 0.654. The van der Waals surface area contributed by atoms with Crippen LogP contribution in [0.25, 0.3) is 17.3 Å². The lowest BCUT2D eigenvalue weighted by Gasteiger charge is -2.19. The van der Waals surface area contributed by atoms with E-state index >= 15 is 0 Å². The first-order chi connectivity index (χ1) is 11.6. The van der Waals surface area contributed by atoms with Crippen molar-refractivity contribution in [2.75, 3.05) is 0 Å². The maximum absolute atomic E-state index is 12.8. The average molecular weight is 337 g/mol. The molecule has 0 bridgehead atoms. The van der Waals surface area contributed by atoms with Gasteiger partial charge in [-0.3, -0.25) is 9.20 Å². The second kappa shape index (κ2) is 5.91. The molecule has 0 atom stereocenters. The van der Waals surface area contributed by atoms with Crippen LogP contribution in [0.4, 0.5) is 0 Å². The number of aromatic nitrogens is 2. The van der Waals surface area contributed by atoms with E-state index in [1.807, 2.05) is 12.1 Å². The summed E-state index contributed by atoms with van der Waals surface area (Å²) in [6.07, 6.45) is 6.49. The maximum Gasteiger partial charge on any atom is 0.261 e. The first kappa shape index (κ1) is 15.2. The highest BCUT2D eigenvalue weighted by molar-refractivity contribution is 6.30. The van der Waals surface area contributed by atoms with E-state index in [0.717, 1.165) is 36.1 Å². The molecule has 0 radical (unpaired) electrons. The predicted molar refractivity (Wildman–Crippen MR) is 98.5 cm³/mol.